The van der Waals surface area contributed by atoms with Crippen molar-refractivity contribution < 1.29 is 9.90 Å². The van der Waals surface area contributed by atoms with Gasteiger partial charge in [-0.2, -0.15) is 0 Å². The molecule has 2 aliphatic rings. The van der Waals surface area contributed by atoms with E-state index in [0.29, 0.717) is 6.04 Å². The maximum atomic E-state index is 10.9. The number of rotatable bonds is 3. The van der Waals surface area contributed by atoms with Crippen LogP contribution in [0.2, 0.25) is 0 Å². The Bertz CT molecular complexity index is 269. The molecule has 0 aromatic rings. The second kappa shape index (κ2) is 5.38. The SMILES string of the molecule is CC(C)C1CCC(N2CCC(C(=O)O)C2)CC1. The van der Waals surface area contributed by atoms with E-state index in [1.54, 1.807) is 0 Å². The van der Waals surface area contributed by atoms with Crippen LogP contribution in [-0.2, 0) is 4.79 Å². The lowest BCUT2D eigenvalue weighted by atomic mass is 9.79. The van der Waals surface area contributed by atoms with Gasteiger partial charge < -0.3 is 5.11 Å². The predicted octanol–water partition coefficient (Wildman–Crippen LogP) is 2.61. The number of carbonyl (C=O) groups is 1. The molecule has 98 valence electrons. The maximum Gasteiger partial charge on any atom is 0.307 e. The third kappa shape index (κ3) is 3.01. The van der Waals surface area contributed by atoms with E-state index in [9.17, 15) is 4.79 Å². The van der Waals surface area contributed by atoms with Gasteiger partial charge in [0.05, 0.1) is 5.92 Å². The maximum absolute atomic E-state index is 10.9. The highest BCUT2D eigenvalue weighted by molar-refractivity contribution is 5.70. The Morgan fingerprint density at radius 2 is 1.82 bits per heavy atom. The first-order valence-electron chi connectivity index (χ1n) is 7.04. The molecule has 0 aromatic heterocycles. The molecule has 3 nitrogen and oxygen atoms in total. The highest BCUT2D eigenvalue weighted by Gasteiger charge is 2.34. The summed E-state index contributed by atoms with van der Waals surface area (Å²) in [4.78, 5) is 13.4. The van der Waals surface area contributed by atoms with E-state index >= 15 is 0 Å². The zero-order chi connectivity index (χ0) is 12.4. The number of carboxylic acids is 1. The van der Waals surface area contributed by atoms with Crippen molar-refractivity contribution in [2.75, 3.05) is 13.1 Å². The van der Waals surface area contributed by atoms with Crippen LogP contribution >= 0.6 is 0 Å². The van der Waals surface area contributed by atoms with E-state index in [4.69, 9.17) is 5.11 Å². The molecule has 1 aliphatic carbocycles. The number of hydrogen-bond acceptors (Lipinski definition) is 2. The molecule has 1 unspecified atom stereocenters. The summed E-state index contributed by atoms with van der Waals surface area (Å²) in [7, 11) is 0. The summed E-state index contributed by atoms with van der Waals surface area (Å²) in [5.41, 5.74) is 0. The van der Waals surface area contributed by atoms with Crippen molar-refractivity contribution >= 4 is 5.97 Å². The topological polar surface area (TPSA) is 40.5 Å². The molecule has 1 heterocycles. The van der Waals surface area contributed by atoms with Crippen molar-refractivity contribution in [3.8, 4) is 0 Å². The second-order valence-corrected chi connectivity index (χ2v) is 6.13. The molecular weight excluding hydrogens is 214 g/mol. The molecular formula is C14H25NO2. The van der Waals surface area contributed by atoms with Gasteiger partial charge in [0.25, 0.3) is 0 Å². The van der Waals surface area contributed by atoms with Crippen molar-refractivity contribution in [3.05, 3.63) is 0 Å². The first-order valence-corrected chi connectivity index (χ1v) is 7.04. The minimum Gasteiger partial charge on any atom is -0.481 e. The number of nitrogens with zero attached hydrogens (tertiary/aromatic N) is 1. The molecule has 1 aliphatic heterocycles. The van der Waals surface area contributed by atoms with Gasteiger partial charge in [-0.3, -0.25) is 9.69 Å². The molecule has 1 saturated carbocycles. The van der Waals surface area contributed by atoms with Crippen LogP contribution in [0.4, 0.5) is 0 Å². The van der Waals surface area contributed by atoms with Gasteiger partial charge in [-0.15, -0.1) is 0 Å². The number of carboxylic acid groups (broad SMARTS) is 1. The monoisotopic (exact) mass is 239 g/mol. The molecule has 0 radical (unpaired) electrons. The molecule has 0 amide bonds. The molecule has 1 saturated heterocycles. The van der Waals surface area contributed by atoms with Crippen LogP contribution < -0.4 is 0 Å². The molecule has 2 fully saturated rings. The molecule has 17 heavy (non-hydrogen) atoms. The Kier molecular flexibility index (Phi) is 4.08. The Hall–Kier alpha value is -0.570. The normalized spacial score (nSPS) is 35.4. The summed E-state index contributed by atoms with van der Waals surface area (Å²) in [5.74, 6) is 0.978. The average molecular weight is 239 g/mol. The van der Waals surface area contributed by atoms with Gasteiger partial charge in [0, 0.05) is 12.6 Å². The standard InChI is InChI=1S/C14H25NO2/c1-10(2)11-3-5-13(6-4-11)15-8-7-12(9-15)14(16)17/h10-13H,3-9H2,1-2H3,(H,16,17). The second-order valence-electron chi connectivity index (χ2n) is 6.13. The third-order valence-corrected chi connectivity index (χ3v) is 4.77. The van der Waals surface area contributed by atoms with Crippen molar-refractivity contribution in [2.24, 2.45) is 17.8 Å². The first kappa shape index (κ1) is 12.9. The van der Waals surface area contributed by atoms with E-state index in [0.717, 1.165) is 31.3 Å². The lowest BCUT2D eigenvalue weighted by Gasteiger charge is -2.36. The highest BCUT2D eigenvalue weighted by Crippen LogP contribution is 2.34. The predicted molar refractivity (Wildman–Crippen MR) is 67.9 cm³/mol. The van der Waals surface area contributed by atoms with E-state index in [1.165, 1.54) is 25.7 Å². The Morgan fingerprint density at radius 3 is 2.29 bits per heavy atom. The van der Waals surface area contributed by atoms with Crippen LogP contribution in [-0.4, -0.2) is 35.1 Å². The number of hydrogen-bond donors (Lipinski definition) is 1. The Labute approximate surface area is 104 Å². The Balaban J connectivity index is 1.80. The van der Waals surface area contributed by atoms with E-state index in [2.05, 4.69) is 18.7 Å². The third-order valence-electron chi connectivity index (χ3n) is 4.77. The molecule has 1 atom stereocenters. The number of likely N-dealkylation sites (tertiary alicyclic amines) is 1. The summed E-state index contributed by atoms with van der Waals surface area (Å²) in [6, 6.07) is 0.661. The van der Waals surface area contributed by atoms with Crippen LogP contribution in [0.1, 0.15) is 46.0 Å². The van der Waals surface area contributed by atoms with Crippen molar-refractivity contribution in [2.45, 2.75) is 52.0 Å². The van der Waals surface area contributed by atoms with Crippen LogP contribution in [0.5, 0.6) is 0 Å². The smallest absolute Gasteiger partial charge is 0.307 e. The van der Waals surface area contributed by atoms with Crippen LogP contribution in [0.3, 0.4) is 0 Å². The lowest BCUT2D eigenvalue weighted by molar-refractivity contribution is -0.141. The van der Waals surface area contributed by atoms with Gasteiger partial charge in [-0.05, 0) is 50.5 Å². The molecule has 1 N–H and O–H groups in total. The van der Waals surface area contributed by atoms with Crippen molar-refractivity contribution in [1.82, 2.24) is 4.90 Å². The first-order chi connectivity index (χ1) is 8.08. The Morgan fingerprint density at radius 1 is 1.18 bits per heavy atom. The van der Waals surface area contributed by atoms with E-state index in [1.807, 2.05) is 0 Å². The van der Waals surface area contributed by atoms with Crippen LogP contribution in [0.15, 0.2) is 0 Å². The lowest BCUT2D eigenvalue weighted by Crippen LogP contribution is -2.37. The minimum absolute atomic E-state index is 0.113. The molecule has 2 rings (SSSR count). The molecule has 0 spiro atoms. The zero-order valence-electron chi connectivity index (χ0n) is 11.1. The minimum atomic E-state index is -0.608. The fourth-order valence-electron chi connectivity index (χ4n) is 3.45. The fourth-order valence-corrected chi connectivity index (χ4v) is 3.45. The highest BCUT2D eigenvalue weighted by atomic mass is 16.4. The number of aliphatic carboxylic acids is 1. The zero-order valence-corrected chi connectivity index (χ0v) is 11.1. The largest absolute Gasteiger partial charge is 0.481 e. The summed E-state index contributed by atoms with van der Waals surface area (Å²) < 4.78 is 0. The van der Waals surface area contributed by atoms with E-state index < -0.39 is 5.97 Å². The fraction of sp³-hybridized carbons (Fsp3) is 0.929. The summed E-state index contributed by atoms with van der Waals surface area (Å²) in [5, 5.41) is 9.02. The summed E-state index contributed by atoms with van der Waals surface area (Å²) in [6.07, 6.45) is 6.05. The van der Waals surface area contributed by atoms with Gasteiger partial charge in [-0.25, -0.2) is 0 Å². The van der Waals surface area contributed by atoms with Crippen LogP contribution in [0.25, 0.3) is 0 Å². The van der Waals surface area contributed by atoms with Crippen molar-refractivity contribution in [3.63, 3.8) is 0 Å². The van der Waals surface area contributed by atoms with Gasteiger partial charge in [0.1, 0.15) is 0 Å². The van der Waals surface area contributed by atoms with Crippen molar-refractivity contribution in [1.29, 1.82) is 0 Å². The average Bonchev–Trinajstić information content (AvgIpc) is 2.78. The quantitative estimate of drug-likeness (QED) is 0.823. The molecule has 0 bridgehead atoms. The molecule has 0 aromatic carbocycles. The van der Waals surface area contributed by atoms with Gasteiger partial charge >= 0.3 is 5.97 Å². The van der Waals surface area contributed by atoms with Gasteiger partial charge in [-0.1, -0.05) is 13.8 Å². The summed E-state index contributed by atoms with van der Waals surface area (Å²) >= 11 is 0. The van der Waals surface area contributed by atoms with Gasteiger partial charge in [0.2, 0.25) is 0 Å². The molecule has 3 heteroatoms. The van der Waals surface area contributed by atoms with Gasteiger partial charge in [0.15, 0.2) is 0 Å². The summed E-state index contributed by atoms with van der Waals surface area (Å²) in [6.45, 7) is 6.42. The van der Waals surface area contributed by atoms with E-state index in [-0.39, 0.29) is 5.92 Å². The van der Waals surface area contributed by atoms with Crippen LogP contribution in [0, 0.1) is 17.8 Å².